The summed E-state index contributed by atoms with van der Waals surface area (Å²) in [7, 11) is 0. The highest BCUT2D eigenvalue weighted by Gasteiger charge is 2.12. The zero-order valence-corrected chi connectivity index (χ0v) is 15.2. The van der Waals surface area contributed by atoms with Gasteiger partial charge >= 0.3 is 6.01 Å². The van der Waals surface area contributed by atoms with E-state index >= 15 is 0 Å². The molecule has 0 saturated heterocycles. The van der Waals surface area contributed by atoms with Gasteiger partial charge in [0.25, 0.3) is 5.91 Å². The maximum absolute atomic E-state index is 12.4. The van der Waals surface area contributed by atoms with Crippen LogP contribution in [0, 0.1) is 0 Å². The fourth-order valence-corrected chi connectivity index (χ4v) is 2.47. The van der Waals surface area contributed by atoms with E-state index in [1.165, 1.54) is 6.92 Å². The Balaban J connectivity index is 1.67. The van der Waals surface area contributed by atoms with Crippen molar-refractivity contribution in [2.45, 2.75) is 26.7 Å². The lowest BCUT2D eigenvalue weighted by molar-refractivity contribution is -0.114. The number of ether oxygens (including phenoxy) is 1. The van der Waals surface area contributed by atoms with Gasteiger partial charge in [-0.2, -0.15) is 4.98 Å². The van der Waals surface area contributed by atoms with E-state index in [0.717, 1.165) is 18.6 Å². The Hall–Kier alpha value is -3.35. The van der Waals surface area contributed by atoms with E-state index in [2.05, 4.69) is 22.5 Å². The van der Waals surface area contributed by atoms with Crippen molar-refractivity contribution in [3.63, 3.8) is 0 Å². The molecule has 2 N–H and O–H groups in total. The Morgan fingerprint density at radius 1 is 1.11 bits per heavy atom. The quantitative estimate of drug-likeness (QED) is 0.610. The third kappa shape index (κ3) is 4.84. The second kappa shape index (κ2) is 8.35. The first-order valence-corrected chi connectivity index (χ1v) is 8.77. The normalized spacial score (nSPS) is 10.6. The van der Waals surface area contributed by atoms with E-state index in [1.807, 2.05) is 0 Å². The number of aromatic nitrogens is 1. The van der Waals surface area contributed by atoms with E-state index in [0.29, 0.717) is 29.0 Å². The molecule has 0 aliphatic rings. The maximum Gasteiger partial charge on any atom is 0.302 e. The summed E-state index contributed by atoms with van der Waals surface area (Å²) in [6.07, 6.45) is 2.06. The summed E-state index contributed by atoms with van der Waals surface area (Å²) < 4.78 is 11.1. The zero-order chi connectivity index (χ0) is 19.2. The van der Waals surface area contributed by atoms with E-state index in [9.17, 15) is 9.59 Å². The van der Waals surface area contributed by atoms with Crippen LogP contribution in [0.5, 0.6) is 5.75 Å². The summed E-state index contributed by atoms with van der Waals surface area (Å²) in [5.74, 6) is 0.223. The molecule has 7 nitrogen and oxygen atoms in total. The second-order valence-corrected chi connectivity index (χ2v) is 6.06. The molecule has 140 valence electrons. The molecule has 3 aromatic rings. The van der Waals surface area contributed by atoms with Gasteiger partial charge < -0.3 is 14.5 Å². The highest BCUT2D eigenvalue weighted by Crippen LogP contribution is 2.23. The van der Waals surface area contributed by atoms with E-state index in [4.69, 9.17) is 9.15 Å². The summed E-state index contributed by atoms with van der Waals surface area (Å²) in [5, 5.41) is 5.31. The molecule has 2 amide bonds. The van der Waals surface area contributed by atoms with Crippen molar-refractivity contribution >= 4 is 34.6 Å². The van der Waals surface area contributed by atoms with Crippen LogP contribution in [0.3, 0.4) is 0 Å². The Morgan fingerprint density at radius 2 is 1.89 bits per heavy atom. The molecule has 0 saturated carbocycles. The van der Waals surface area contributed by atoms with Crippen LogP contribution in [0.1, 0.15) is 37.0 Å². The van der Waals surface area contributed by atoms with Gasteiger partial charge in [0.1, 0.15) is 11.3 Å². The van der Waals surface area contributed by atoms with Gasteiger partial charge in [-0.3, -0.25) is 14.9 Å². The SMILES string of the molecule is CCCCOc1ccc(C(=O)Nc2nc3ccc(NC(C)=O)cc3o2)cc1. The molecule has 1 aromatic heterocycles. The summed E-state index contributed by atoms with van der Waals surface area (Å²) in [5.41, 5.74) is 2.12. The van der Waals surface area contributed by atoms with Crippen LogP contribution in [-0.2, 0) is 4.79 Å². The van der Waals surface area contributed by atoms with Crippen molar-refractivity contribution in [1.29, 1.82) is 0 Å². The van der Waals surface area contributed by atoms with Crippen LogP contribution in [0.2, 0.25) is 0 Å². The van der Waals surface area contributed by atoms with Gasteiger partial charge in [-0.1, -0.05) is 13.3 Å². The summed E-state index contributed by atoms with van der Waals surface area (Å²) in [4.78, 5) is 27.7. The fourth-order valence-electron chi connectivity index (χ4n) is 2.47. The van der Waals surface area contributed by atoms with Gasteiger partial charge in [-0.25, -0.2) is 0 Å². The molecule has 0 fully saturated rings. The van der Waals surface area contributed by atoms with Crippen molar-refractivity contribution in [1.82, 2.24) is 4.98 Å². The molecule has 0 aliphatic carbocycles. The van der Waals surface area contributed by atoms with Gasteiger partial charge in [-0.05, 0) is 42.8 Å². The first kappa shape index (κ1) is 18.4. The van der Waals surface area contributed by atoms with Crippen LogP contribution in [0.25, 0.3) is 11.1 Å². The highest BCUT2D eigenvalue weighted by atomic mass is 16.5. The lowest BCUT2D eigenvalue weighted by atomic mass is 10.2. The molecule has 0 spiro atoms. The van der Waals surface area contributed by atoms with Gasteiger partial charge in [-0.15, -0.1) is 0 Å². The molecule has 7 heteroatoms. The van der Waals surface area contributed by atoms with Crippen LogP contribution in [-0.4, -0.2) is 23.4 Å². The lowest BCUT2D eigenvalue weighted by Crippen LogP contribution is -2.11. The minimum Gasteiger partial charge on any atom is -0.494 e. The van der Waals surface area contributed by atoms with Crippen LogP contribution >= 0.6 is 0 Å². The number of hydrogen-bond acceptors (Lipinski definition) is 5. The predicted molar refractivity (Wildman–Crippen MR) is 103 cm³/mol. The minimum atomic E-state index is -0.330. The van der Waals surface area contributed by atoms with E-state index < -0.39 is 0 Å². The Kier molecular flexibility index (Phi) is 5.71. The largest absolute Gasteiger partial charge is 0.494 e. The maximum atomic E-state index is 12.4. The number of benzene rings is 2. The van der Waals surface area contributed by atoms with Crippen molar-refractivity contribution in [2.75, 3.05) is 17.2 Å². The average molecular weight is 367 g/mol. The molecule has 27 heavy (non-hydrogen) atoms. The molecular formula is C20H21N3O4. The molecule has 2 aromatic carbocycles. The zero-order valence-electron chi connectivity index (χ0n) is 15.2. The summed E-state index contributed by atoms with van der Waals surface area (Å²) >= 11 is 0. The van der Waals surface area contributed by atoms with Crippen molar-refractivity contribution in [3.8, 4) is 5.75 Å². The Labute approximate surface area is 156 Å². The van der Waals surface area contributed by atoms with E-state index in [-0.39, 0.29) is 17.8 Å². The fraction of sp³-hybridized carbons (Fsp3) is 0.250. The predicted octanol–water partition coefficient (Wildman–Crippen LogP) is 4.22. The number of unbranched alkanes of at least 4 members (excludes halogenated alkanes) is 1. The monoisotopic (exact) mass is 367 g/mol. The number of oxazole rings is 1. The first-order chi connectivity index (χ1) is 13.0. The number of hydrogen-bond donors (Lipinski definition) is 2. The molecule has 0 atom stereocenters. The number of anilines is 2. The van der Waals surface area contributed by atoms with Gasteiger partial charge in [0.2, 0.25) is 5.91 Å². The number of nitrogens with zero attached hydrogens (tertiary/aromatic N) is 1. The van der Waals surface area contributed by atoms with Gasteiger partial charge in [0, 0.05) is 24.2 Å². The van der Waals surface area contributed by atoms with Crippen LogP contribution < -0.4 is 15.4 Å². The van der Waals surface area contributed by atoms with Gasteiger partial charge in [0.05, 0.1) is 6.61 Å². The second-order valence-electron chi connectivity index (χ2n) is 6.06. The lowest BCUT2D eigenvalue weighted by Gasteiger charge is -2.06. The minimum absolute atomic E-state index is 0.0956. The Bertz CT molecular complexity index is 948. The molecule has 0 bridgehead atoms. The van der Waals surface area contributed by atoms with Crippen molar-refractivity contribution in [2.24, 2.45) is 0 Å². The molecule has 3 rings (SSSR count). The molecule has 0 aliphatic heterocycles. The number of amides is 2. The number of fused-ring (bicyclic) bond motifs is 1. The summed E-state index contributed by atoms with van der Waals surface area (Å²) in [6, 6.07) is 12.1. The van der Waals surface area contributed by atoms with Gasteiger partial charge in [0.15, 0.2) is 5.58 Å². The standard InChI is InChI=1S/C20H21N3O4/c1-3-4-11-26-16-8-5-14(6-9-16)19(25)23-20-22-17-10-7-15(21-13(2)24)12-18(17)27-20/h5-10,12H,3-4,11H2,1-2H3,(H,21,24)(H,22,23,25). The van der Waals surface area contributed by atoms with Crippen molar-refractivity contribution in [3.05, 3.63) is 48.0 Å². The van der Waals surface area contributed by atoms with Crippen LogP contribution in [0.15, 0.2) is 46.9 Å². The van der Waals surface area contributed by atoms with E-state index in [1.54, 1.807) is 42.5 Å². The average Bonchev–Trinajstić information content (AvgIpc) is 3.03. The molecule has 0 unspecified atom stereocenters. The smallest absolute Gasteiger partial charge is 0.302 e. The highest BCUT2D eigenvalue weighted by molar-refractivity contribution is 6.03. The number of carbonyl (C=O) groups is 2. The third-order valence-electron chi connectivity index (χ3n) is 3.81. The van der Waals surface area contributed by atoms with Crippen molar-refractivity contribution < 1.29 is 18.7 Å². The number of carbonyl (C=O) groups excluding carboxylic acids is 2. The number of nitrogens with one attached hydrogen (secondary N) is 2. The first-order valence-electron chi connectivity index (χ1n) is 8.77. The summed E-state index contributed by atoms with van der Waals surface area (Å²) in [6.45, 7) is 4.19. The molecular weight excluding hydrogens is 346 g/mol. The topological polar surface area (TPSA) is 93.5 Å². The Morgan fingerprint density at radius 3 is 2.59 bits per heavy atom. The number of rotatable bonds is 7. The van der Waals surface area contributed by atoms with Crippen LogP contribution in [0.4, 0.5) is 11.7 Å². The third-order valence-corrected chi connectivity index (χ3v) is 3.81. The molecule has 0 radical (unpaired) electrons. The molecule has 1 heterocycles.